The summed E-state index contributed by atoms with van der Waals surface area (Å²) < 4.78 is 10.1. The monoisotopic (exact) mass is 257 g/mol. The molecule has 1 atom stereocenters. The number of amides is 1. The second kappa shape index (κ2) is 6.47. The fraction of sp³-hybridized carbons (Fsp3) is 0.417. The van der Waals surface area contributed by atoms with E-state index in [0.717, 1.165) is 0 Å². The van der Waals surface area contributed by atoms with E-state index in [1.165, 1.54) is 7.11 Å². The lowest BCUT2D eigenvalue weighted by Crippen LogP contribution is -2.31. The Hall–Kier alpha value is -1.26. The lowest BCUT2D eigenvalue weighted by atomic mass is 10.2. The summed E-state index contributed by atoms with van der Waals surface area (Å²) in [5.74, 6) is 0.269. The van der Waals surface area contributed by atoms with Crippen molar-refractivity contribution < 1.29 is 14.3 Å². The van der Waals surface area contributed by atoms with Gasteiger partial charge in [-0.3, -0.25) is 4.79 Å². The molecule has 0 aromatic heterocycles. The average molecular weight is 258 g/mol. The van der Waals surface area contributed by atoms with Crippen molar-refractivity contribution in [3.8, 4) is 5.75 Å². The third kappa shape index (κ3) is 3.91. The van der Waals surface area contributed by atoms with Gasteiger partial charge in [-0.15, -0.1) is 0 Å². The van der Waals surface area contributed by atoms with Crippen LogP contribution < -0.4 is 10.1 Å². The molecule has 0 saturated carbocycles. The molecular formula is C12H16ClNO3. The van der Waals surface area contributed by atoms with Gasteiger partial charge in [0.25, 0.3) is 5.91 Å². The van der Waals surface area contributed by atoms with E-state index in [0.29, 0.717) is 22.9 Å². The van der Waals surface area contributed by atoms with Gasteiger partial charge in [0.2, 0.25) is 0 Å². The SMILES string of the molecule is COc1ccc(Cl)cc1C(=O)NCC(C)OC. The molecule has 5 heteroatoms. The van der Waals surface area contributed by atoms with Gasteiger partial charge in [0.1, 0.15) is 5.75 Å². The molecule has 0 saturated heterocycles. The zero-order chi connectivity index (χ0) is 12.8. The zero-order valence-electron chi connectivity index (χ0n) is 10.1. The molecule has 0 radical (unpaired) electrons. The minimum atomic E-state index is -0.228. The van der Waals surface area contributed by atoms with Crippen molar-refractivity contribution in [2.45, 2.75) is 13.0 Å². The first-order valence-corrected chi connectivity index (χ1v) is 5.60. The van der Waals surface area contributed by atoms with E-state index in [-0.39, 0.29) is 12.0 Å². The first-order chi connectivity index (χ1) is 8.08. The minimum Gasteiger partial charge on any atom is -0.496 e. The van der Waals surface area contributed by atoms with Gasteiger partial charge < -0.3 is 14.8 Å². The molecule has 0 aliphatic heterocycles. The fourth-order valence-electron chi connectivity index (χ4n) is 1.27. The van der Waals surface area contributed by atoms with E-state index in [9.17, 15) is 4.79 Å². The zero-order valence-corrected chi connectivity index (χ0v) is 10.9. The van der Waals surface area contributed by atoms with Crippen LogP contribution in [0.5, 0.6) is 5.75 Å². The molecule has 1 rings (SSSR count). The molecule has 0 aliphatic carbocycles. The molecule has 0 fully saturated rings. The third-order valence-corrected chi connectivity index (χ3v) is 2.59. The Labute approximate surface area is 106 Å². The van der Waals surface area contributed by atoms with Crippen LogP contribution >= 0.6 is 11.6 Å². The average Bonchev–Trinajstić information content (AvgIpc) is 2.35. The van der Waals surface area contributed by atoms with Crippen molar-refractivity contribution in [2.75, 3.05) is 20.8 Å². The molecule has 94 valence electrons. The highest BCUT2D eigenvalue weighted by atomic mass is 35.5. The van der Waals surface area contributed by atoms with E-state index < -0.39 is 0 Å². The highest BCUT2D eigenvalue weighted by molar-refractivity contribution is 6.31. The number of benzene rings is 1. The van der Waals surface area contributed by atoms with Crippen LogP contribution in [0.2, 0.25) is 5.02 Å². The molecule has 0 spiro atoms. The van der Waals surface area contributed by atoms with E-state index in [2.05, 4.69) is 5.32 Å². The Balaban J connectivity index is 2.77. The summed E-state index contributed by atoms with van der Waals surface area (Å²) in [5, 5.41) is 3.25. The largest absolute Gasteiger partial charge is 0.496 e. The van der Waals surface area contributed by atoms with Crippen LogP contribution in [0.25, 0.3) is 0 Å². The number of carbonyl (C=O) groups is 1. The molecule has 1 aromatic rings. The Morgan fingerprint density at radius 1 is 1.47 bits per heavy atom. The highest BCUT2D eigenvalue weighted by Gasteiger charge is 2.13. The predicted octanol–water partition coefficient (Wildman–Crippen LogP) is 2.11. The summed E-state index contributed by atoms with van der Waals surface area (Å²) in [5.41, 5.74) is 0.420. The Morgan fingerprint density at radius 3 is 2.76 bits per heavy atom. The van der Waals surface area contributed by atoms with E-state index in [1.807, 2.05) is 6.92 Å². The maximum Gasteiger partial charge on any atom is 0.255 e. The van der Waals surface area contributed by atoms with Gasteiger partial charge in [0.05, 0.1) is 18.8 Å². The maximum atomic E-state index is 11.9. The van der Waals surface area contributed by atoms with Crippen molar-refractivity contribution >= 4 is 17.5 Å². The molecule has 1 aromatic carbocycles. The number of carbonyl (C=O) groups excluding carboxylic acids is 1. The van der Waals surface area contributed by atoms with Gasteiger partial charge in [0.15, 0.2) is 0 Å². The van der Waals surface area contributed by atoms with Crippen LogP contribution in [-0.4, -0.2) is 32.8 Å². The Bertz CT molecular complexity index is 395. The Kier molecular flexibility index (Phi) is 5.25. The van der Waals surface area contributed by atoms with Gasteiger partial charge in [-0.1, -0.05) is 11.6 Å². The van der Waals surface area contributed by atoms with Crippen molar-refractivity contribution in [1.29, 1.82) is 0 Å². The van der Waals surface area contributed by atoms with Gasteiger partial charge in [0, 0.05) is 18.7 Å². The molecular weight excluding hydrogens is 242 g/mol. The standard InChI is InChI=1S/C12H16ClNO3/c1-8(16-2)7-14-12(15)10-6-9(13)4-5-11(10)17-3/h4-6,8H,7H2,1-3H3,(H,14,15). The number of hydrogen-bond acceptors (Lipinski definition) is 3. The molecule has 0 heterocycles. The lowest BCUT2D eigenvalue weighted by molar-refractivity contribution is 0.0868. The van der Waals surface area contributed by atoms with Gasteiger partial charge in [-0.25, -0.2) is 0 Å². The smallest absolute Gasteiger partial charge is 0.255 e. The fourth-order valence-corrected chi connectivity index (χ4v) is 1.44. The molecule has 0 aliphatic rings. The first-order valence-electron chi connectivity index (χ1n) is 5.23. The number of rotatable bonds is 5. The summed E-state index contributed by atoms with van der Waals surface area (Å²) in [7, 11) is 3.11. The Morgan fingerprint density at radius 2 is 2.18 bits per heavy atom. The number of methoxy groups -OCH3 is 2. The number of halogens is 1. The molecule has 17 heavy (non-hydrogen) atoms. The van der Waals surface area contributed by atoms with E-state index >= 15 is 0 Å². The predicted molar refractivity (Wildman–Crippen MR) is 66.8 cm³/mol. The van der Waals surface area contributed by atoms with E-state index in [4.69, 9.17) is 21.1 Å². The molecule has 1 amide bonds. The lowest BCUT2D eigenvalue weighted by Gasteiger charge is -2.12. The second-order valence-electron chi connectivity index (χ2n) is 3.60. The molecule has 1 unspecified atom stereocenters. The normalized spacial score (nSPS) is 12.0. The van der Waals surface area contributed by atoms with Crippen LogP contribution in [0, 0.1) is 0 Å². The van der Waals surface area contributed by atoms with Gasteiger partial charge >= 0.3 is 0 Å². The molecule has 4 nitrogen and oxygen atoms in total. The third-order valence-electron chi connectivity index (χ3n) is 2.36. The van der Waals surface area contributed by atoms with Crippen LogP contribution in [-0.2, 0) is 4.74 Å². The number of ether oxygens (including phenoxy) is 2. The van der Waals surface area contributed by atoms with Crippen LogP contribution in [0.3, 0.4) is 0 Å². The van der Waals surface area contributed by atoms with Crippen molar-refractivity contribution in [2.24, 2.45) is 0 Å². The van der Waals surface area contributed by atoms with Crippen molar-refractivity contribution in [1.82, 2.24) is 5.32 Å². The van der Waals surface area contributed by atoms with Crippen molar-refractivity contribution in [3.63, 3.8) is 0 Å². The van der Waals surface area contributed by atoms with Gasteiger partial charge in [-0.05, 0) is 25.1 Å². The van der Waals surface area contributed by atoms with Crippen LogP contribution in [0.15, 0.2) is 18.2 Å². The maximum absolute atomic E-state index is 11.9. The minimum absolute atomic E-state index is 0.0378. The molecule has 1 N–H and O–H groups in total. The van der Waals surface area contributed by atoms with Crippen molar-refractivity contribution in [3.05, 3.63) is 28.8 Å². The summed E-state index contributed by atoms with van der Waals surface area (Å²) in [6.45, 7) is 2.31. The second-order valence-corrected chi connectivity index (χ2v) is 4.04. The van der Waals surface area contributed by atoms with Crippen LogP contribution in [0.1, 0.15) is 17.3 Å². The number of hydrogen-bond donors (Lipinski definition) is 1. The quantitative estimate of drug-likeness (QED) is 0.879. The summed E-state index contributed by atoms with van der Waals surface area (Å²) >= 11 is 5.85. The van der Waals surface area contributed by atoms with Gasteiger partial charge in [-0.2, -0.15) is 0 Å². The summed E-state index contributed by atoms with van der Waals surface area (Å²) in [4.78, 5) is 11.9. The highest BCUT2D eigenvalue weighted by Crippen LogP contribution is 2.22. The van der Waals surface area contributed by atoms with Crippen LogP contribution in [0.4, 0.5) is 0 Å². The summed E-state index contributed by atoms with van der Waals surface area (Å²) in [6, 6.07) is 4.92. The first kappa shape index (κ1) is 13.8. The summed E-state index contributed by atoms with van der Waals surface area (Å²) in [6.07, 6.45) is -0.0378. The van der Waals surface area contributed by atoms with E-state index in [1.54, 1.807) is 25.3 Å². The topological polar surface area (TPSA) is 47.6 Å². The number of nitrogens with one attached hydrogen (secondary N) is 1. The molecule has 0 bridgehead atoms.